The van der Waals surface area contributed by atoms with E-state index in [2.05, 4.69) is 5.32 Å². The Bertz CT molecular complexity index is 404. The second kappa shape index (κ2) is 3.25. The molecule has 3 heterocycles. The summed E-state index contributed by atoms with van der Waals surface area (Å²) in [5, 5.41) is 3.74. The summed E-state index contributed by atoms with van der Waals surface area (Å²) in [4.78, 5) is 13.8. The van der Waals surface area contributed by atoms with Gasteiger partial charge in [0, 0.05) is 12.6 Å². The number of nitrogens with zero attached hydrogens (tertiary/aromatic N) is 1. The summed E-state index contributed by atoms with van der Waals surface area (Å²) in [5.41, 5.74) is 0. The van der Waals surface area contributed by atoms with Crippen molar-refractivity contribution < 1.29 is 9.21 Å². The third-order valence-electron chi connectivity index (χ3n) is 3.18. The van der Waals surface area contributed by atoms with E-state index in [0.717, 1.165) is 19.5 Å². The van der Waals surface area contributed by atoms with Crippen molar-refractivity contribution in [3.63, 3.8) is 0 Å². The average molecular weight is 227 g/mol. The number of fused-ring (bicyclic) bond motifs is 1. The van der Waals surface area contributed by atoms with Gasteiger partial charge < -0.3 is 14.6 Å². The summed E-state index contributed by atoms with van der Waals surface area (Å²) in [7, 11) is 0. The van der Waals surface area contributed by atoms with Gasteiger partial charge in [0.25, 0.3) is 5.91 Å². The van der Waals surface area contributed by atoms with Gasteiger partial charge in [-0.3, -0.25) is 4.79 Å². The Morgan fingerprint density at radius 1 is 1.67 bits per heavy atom. The minimum atomic E-state index is -0.0880. The predicted octanol–water partition coefficient (Wildman–Crippen LogP) is 1.12. The zero-order chi connectivity index (χ0) is 10.4. The molecule has 0 aliphatic carbocycles. The molecule has 4 nitrogen and oxygen atoms in total. The fraction of sp³-hybridized carbons (Fsp3) is 0.500. The number of likely N-dealkylation sites (tertiary alicyclic amines) is 1. The molecule has 15 heavy (non-hydrogen) atoms. The van der Waals surface area contributed by atoms with Gasteiger partial charge >= 0.3 is 0 Å². The normalized spacial score (nSPS) is 28.7. The minimum absolute atomic E-state index is 0.0880. The highest BCUT2D eigenvalue weighted by molar-refractivity contribution is 6.33. The Morgan fingerprint density at radius 3 is 3.20 bits per heavy atom. The molecule has 0 radical (unpaired) electrons. The van der Waals surface area contributed by atoms with Crippen LogP contribution in [0.15, 0.2) is 16.7 Å². The molecule has 2 aliphatic heterocycles. The van der Waals surface area contributed by atoms with Crippen molar-refractivity contribution in [3.8, 4) is 0 Å². The van der Waals surface area contributed by atoms with Gasteiger partial charge in [0.2, 0.25) is 5.76 Å². The predicted molar refractivity (Wildman–Crippen MR) is 55.0 cm³/mol. The van der Waals surface area contributed by atoms with E-state index in [-0.39, 0.29) is 11.7 Å². The molecule has 2 fully saturated rings. The molecule has 1 aromatic heterocycles. The van der Waals surface area contributed by atoms with Crippen molar-refractivity contribution in [2.75, 3.05) is 13.1 Å². The molecule has 1 N–H and O–H groups in total. The summed E-state index contributed by atoms with van der Waals surface area (Å²) in [6, 6.07) is 2.40. The first kappa shape index (κ1) is 9.24. The number of hydrogen-bond donors (Lipinski definition) is 1. The van der Waals surface area contributed by atoms with Gasteiger partial charge in [0.1, 0.15) is 0 Å². The summed E-state index contributed by atoms with van der Waals surface area (Å²) < 4.78 is 5.09. The van der Waals surface area contributed by atoms with Crippen molar-refractivity contribution in [2.24, 2.45) is 0 Å². The second-order valence-corrected chi connectivity index (χ2v) is 4.38. The zero-order valence-corrected chi connectivity index (χ0v) is 8.83. The van der Waals surface area contributed by atoms with Gasteiger partial charge in [-0.1, -0.05) is 11.6 Å². The lowest BCUT2D eigenvalue weighted by Gasteiger charge is -2.43. The first-order valence-corrected chi connectivity index (χ1v) is 5.42. The Hall–Kier alpha value is -1.00. The van der Waals surface area contributed by atoms with Gasteiger partial charge in [-0.25, -0.2) is 0 Å². The molecule has 3 rings (SSSR count). The largest absolute Gasteiger partial charge is 0.458 e. The Labute approximate surface area is 92.2 Å². The third kappa shape index (κ3) is 1.28. The van der Waals surface area contributed by atoms with Gasteiger partial charge in [-0.2, -0.15) is 0 Å². The molecule has 80 valence electrons. The van der Waals surface area contributed by atoms with Gasteiger partial charge in [0.15, 0.2) is 0 Å². The smallest absolute Gasteiger partial charge is 0.291 e. The quantitative estimate of drug-likeness (QED) is 0.781. The van der Waals surface area contributed by atoms with Crippen LogP contribution in [0.2, 0.25) is 5.02 Å². The van der Waals surface area contributed by atoms with E-state index in [0.29, 0.717) is 17.1 Å². The highest BCUT2D eigenvalue weighted by Gasteiger charge is 2.45. The monoisotopic (exact) mass is 226 g/mol. The molecular formula is C10H11ClN2O2. The standard InChI is InChI=1S/C10H11ClN2O2/c11-6-2-4-15-9(6)10(14)13-5-7-8(13)1-3-12-7/h2,4,7-8,12H,1,3,5H2. The van der Waals surface area contributed by atoms with Gasteiger partial charge in [0.05, 0.1) is 17.3 Å². The summed E-state index contributed by atoms with van der Waals surface area (Å²) in [6.45, 7) is 1.76. The number of hydrogen-bond acceptors (Lipinski definition) is 3. The number of rotatable bonds is 1. The lowest BCUT2D eigenvalue weighted by Crippen LogP contribution is -2.62. The number of furan rings is 1. The highest BCUT2D eigenvalue weighted by Crippen LogP contribution is 2.29. The van der Waals surface area contributed by atoms with E-state index >= 15 is 0 Å². The van der Waals surface area contributed by atoms with Crippen LogP contribution in [0, 0.1) is 0 Å². The fourth-order valence-corrected chi connectivity index (χ4v) is 2.51. The number of carbonyl (C=O) groups excluding carboxylic acids is 1. The number of halogens is 1. The Balaban J connectivity index is 1.79. The van der Waals surface area contributed by atoms with E-state index in [1.54, 1.807) is 6.07 Å². The van der Waals surface area contributed by atoms with Crippen LogP contribution in [-0.2, 0) is 0 Å². The number of nitrogens with one attached hydrogen (secondary N) is 1. The molecular weight excluding hydrogens is 216 g/mol. The van der Waals surface area contributed by atoms with E-state index in [1.807, 2.05) is 4.90 Å². The maximum absolute atomic E-state index is 12.0. The molecule has 1 aromatic rings. The van der Waals surface area contributed by atoms with Crippen LogP contribution >= 0.6 is 11.6 Å². The molecule has 5 heteroatoms. The second-order valence-electron chi connectivity index (χ2n) is 3.97. The van der Waals surface area contributed by atoms with Crippen LogP contribution in [0.1, 0.15) is 17.0 Å². The molecule has 2 atom stereocenters. The average Bonchev–Trinajstić information content (AvgIpc) is 2.74. The SMILES string of the molecule is O=C(c1occc1Cl)N1CC2NCCC21. The number of amides is 1. The van der Waals surface area contributed by atoms with Crippen molar-refractivity contribution >= 4 is 17.5 Å². The first-order valence-electron chi connectivity index (χ1n) is 5.05. The van der Waals surface area contributed by atoms with Crippen LogP contribution in [0.5, 0.6) is 0 Å². The highest BCUT2D eigenvalue weighted by atomic mass is 35.5. The lowest BCUT2D eigenvalue weighted by molar-refractivity contribution is 0.0380. The van der Waals surface area contributed by atoms with Crippen LogP contribution in [0.25, 0.3) is 0 Å². The molecule has 0 spiro atoms. The van der Waals surface area contributed by atoms with Crippen molar-refractivity contribution in [1.29, 1.82) is 0 Å². The van der Waals surface area contributed by atoms with E-state index < -0.39 is 0 Å². The minimum Gasteiger partial charge on any atom is -0.458 e. The van der Waals surface area contributed by atoms with Crippen molar-refractivity contribution in [2.45, 2.75) is 18.5 Å². The number of carbonyl (C=O) groups is 1. The third-order valence-corrected chi connectivity index (χ3v) is 3.47. The molecule has 2 unspecified atom stereocenters. The summed E-state index contributed by atoms with van der Waals surface area (Å²) in [6.07, 6.45) is 2.47. The van der Waals surface area contributed by atoms with Gasteiger partial charge in [-0.15, -0.1) is 0 Å². The van der Waals surface area contributed by atoms with E-state index in [9.17, 15) is 4.79 Å². The molecule has 0 saturated carbocycles. The fourth-order valence-electron chi connectivity index (χ4n) is 2.33. The van der Waals surface area contributed by atoms with Crippen molar-refractivity contribution in [3.05, 3.63) is 23.1 Å². The van der Waals surface area contributed by atoms with Gasteiger partial charge in [-0.05, 0) is 19.0 Å². The summed E-state index contributed by atoms with van der Waals surface area (Å²) in [5.74, 6) is 0.178. The zero-order valence-electron chi connectivity index (χ0n) is 8.07. The first-order chi connectivity index (χ1) is 7.27. The molecule has 1 amide bonds. The maximum atomic E-state index is 12.0. The molecule has 2 saturated heterocycles. The van der Waals surface area contributed by atoms with Crippen LogP contribution in [0.4, 0.5) is 0 Å². The van der Waals surface area contributed by atoms with Crippen LogP contribution < -0.4 is 5.32 Å². The van der Waals surface area contributed by atoms with E-state index in [4.69, 9.17) is 16.0 Å². The Morgan fingerprint density at radius 2 is 2.53 bits per heavy atom. The maximum Gasteiger partial charge on any atom is 0.291 e. The molecule has 0 aromatic carbocycles. The Kier molecular flexibility index (Phi) is 2.00. The van der Waals surface area contributed by atoms with E-state index in [1.165, 1.54) is 6.26 Å². The molecule has 0 bridgehead atoms. The summed E-state index contributed by atoms with van der Waals surface area (Å²) >= 11 is 5.85. The topological polar surface area (TPSA) is 45.5 Å². The lowest BCUT2D eigenvalue weighted by atomic mass is 9.97. The van der Waals surface area contributed by atoms with Crippen molar-refractivity contribution in [1.82, 2.24) is 10.2 Å². The molecule has 2 aliphatic rings. The van der Waals surface area contributed by atoms with Crippen LogP contribution in [-0.4, -0.2) is 36.0 Å². The van der Waals surface area contributed by atoms with Crippen LogP contribution in [0.3, 0.4) is 0 Å².